The van der Waals surface area contributed by atoms with Gasteiger partial charge in [-0.25, -0.2) is 4.52 Å². The molecule has 1 unspecified atom stereocenters. The van der Waals surface area contributed by atoms with Crippen LogP contribution in [0.2, 0.25) is 0 Å². The van der Waals surface area contributed by atoms with E-state index in [9.17, 15) is 0 Å². The van der Waals surface area contributed by atoms with Crippen LogP contribution in [0.15, 0.2) is 30.6 Å². The minimum atomic E-state index is 0.0970. The minimum Gasteiger partial charge on any atom is -0.324 e. The number of aromatic nitrogens is 2. The molecule has 17 heavy (non-hydrogen) atoms. The largest absolute Gasteiger partial charge is 0.324 e. The quantitative estimate of drug-likeness (QED) is 0.859. The van der Waals surface area contributed by atoms with Gasteiger partial charge in [0.15, 0.2) is 0 Å². The first-order chi connectivity index (χ1) is 8.26. The van der Waals surface area contributed by atoms with E-state index in [0.29, 0.717) is 5.92 Å². The van der Waals surface area contributed by atoms with Gasteiger partial charge in [-0.2, -0.15) is 5.10 Å². The number of rotatable bonds is 5. The first-order valence-electron chi connectivity index (χ1n) is 6.44. The van der Waals surface area contributed by atoms with Crippen molar-refractivity contribution in [3.63, 3.8) is 0 Å². The van der Waals surface area contributed by atoms with Gasteiger partial charge in [-0.3, -0.25) is 0 Å². The van der Waals surface area contributed by atoms with Crippen LogP contribution in [0.5, 0.6) is 0 Å². The summed E-state index contributed by atoms with van der Waals surface area (Å²) in [5, 5.41) is 4.34. The van der Waals surface area contributed by atoms with Crippen LogP contribution in [0.4, 0.5) is 0 Å². The average molecular weight is 231 g/mol. The second-order valence-electron chi connectivity index (χ2n) is 4.66. The van der Waals surface area contributed by atoms with Crippen LogP contribution in [-0.2, 0) is 0 Å². The van der Waals surface area contributed by atoms with E-state index in [1.165, 1.54) is 12.8 Å². The van der Waals surface area contributed by atoms with Gasteiger partial charge in [0.25, 0.3) is 0 Å². The highest BCUT2D eigenvalue weighted by Crippen LogP contribution is 2.25. The molecule has 2 heterocycles. The van der Waals surface area contributed by atoms with Gasteiger partial charge >= 0.3 is 0 Å². The Kier molecular flexibility index (Phi) is 3.79. The van der Waals surface area contributed by atoms with E-state index in [-0.39, 0.29) is 6.04 Å². The summed E-state index contributed by atoms with van der Waals surface area (Å²) in [4.78, 5) is 0. The Morgan fingerprint density at radius 1 is 1.29 bits per heavy atom. The lowest BCUT2D eigenvalue weighted by Gasteiger charge is -2.17. The van der Waals surface area contributed by atoms with E-state index in [1.807, 2.05) is 29.0 Å². The molecule has 2 N–H and O–H groups in total. The Hall–Kier alpha value is -1.35. The molecule has 0 aliphatic rings. The Bertz CT molecular complexity index is 471. The zero-order valence-electron chi connectivity index (χ0n) is 10.6. The second-order valence-corrected chi connectivity index (χ2v) is 4.66. The molecule has 0 saturated carbocycles. The first kappa shape index (κ1) is 12.1. The monoisotopic (exact) mass is 231 g/mol. The van der Waals surface area contributed by atoms with Crippen LogP contribution in [-0.4, -0.2) is 9.61 Å². The lowest BCUT2D eigenvalue weighted by Crippen LogP contribution is -2.14. The molecule has 0 fully saturated rings. The number of fused-ring (bicyclic) bond motifs is 1. The molecule has 0 aliphatic heterocycles. The molecule has 0 aliphatic carbocycles. The van der Waals surface area contributed by atoms with Crippen LogP contribution < -0.4 is 5.73 Å². The van der Waals surface area contributed by atoms with Crippen molar-refractivity contribution in [2.75, 3.05) is 0 Å². The van der Waals surface area contributed by atoms with Gasteiger partial charge in [-0.15, -0.1) is 0 Å². The third kappa shape index (κ3) is 2.50. The topological polar surface area (TPSA) is 43.3 Å². The zero-order valence-corrected chi connectivity index (χ0v) is 10.6. The fourth-order valence-corrected chi connectivity index (χ4v) is 2.35. The predicted octanol–water partition coefficient (Wildman–Crippen LogP) is 3.16. The summed E-state index contributed by atoms with van der Waals surface area (Å²) in [6.45, 7) is 4.47. The molecule has 0 radical (unpaired) electrons. The molecule has 0 aromatic carbocycles. The number of nitrogens with zero attached hydrogens (tertiary/aromatic N) is 2. The van der Waals surface area contributed by atoms with E-state index in [4.69, 9.17) is 5.73 Å². The Morgan fingerprint density at radius 3 is 2.76 bits per heavy atom. The van der Waals surface area contributed by atoms with E-state index in [1.54, 1.807) is 0 Å². The average Bonchev–Trinajstić information content (AvgIpc) is 2.79. The van der Waals surface area contributed by atoms with Crippen molar-refractivity contribution < 1.29 is 0 Å². The van der Waals surface area contributed by atoms with Gasteiger partial charge in [0, 0.05) is 17.8 Å². The summed E-state index contributed by atoms with van der Waals surface area (Å²) in [6, 6.07) is 6.19. The standard InChI is InChI=1S/C14H21N3/c1-3-11(4-2)9-13(15)12-10-16-17-8-6-5-7-14(12)17/h5-8,10-11,13H,3-4,9,15H2,1-2H3. The van der Waals surface area contributed by atoms with Crippen LogP contribution in [0.25, 0.3) is 5.52 Å². The lowest BCUT2D eigenvalue weighted by molar-refractivity contribution is 0.415. The van der Waals surface area contributed by atoms with Gasteiger partial charge < -0.3 is 5.73 Å². The Balaban J connectivity index is 2.21. The van der Waals surface area contributed by atoms with Crippen LogP contribution in [0.3, 0.4) is 0 Å². The van der Waals surface area contributed by atoms with Crippen LogP contribution in [0.1, 0.15) is 44.7 Å². The van der Waals surface area contributed by atoms with Crippen molar-refractivity contribution in [3.8, 4) is 0 Å². The molecule has 2 aromatic rings. The van der Waals surface area contributed by atoms with Gasteiger partial charge in [0.2, 0.25) is 0 Å². The minimum absolute atomic E-state index is 0.0970. The van der Waals surface area contributed by atoms with E-state index in [0.717, 1.165) is 17.5 Å². The third-order valence-corrected chi connectivity index (χ3v) is 3.60. The van der Waals surface area contributed by atoms with Crippen molar-refractivity contribution in [1.82, 2.24) is 9.61 Å². The fraction of sp³-hybridized carbons (Fsp3) is 0.500. The summed E-state index contributed by atoms with van der Waals surface area (Å²) in [7, 11) is 0. The molecule has 0 saturated heterocycles. The molecule has 0 bridgehead atoms. The normalized spacial score (nSPS) is 13.4. The van der Waals surface area contributed by atoms with Crippen molar-refractivity contribution in [2.24, 2.45) is 11.7 Å². The van der Waals surface area contributed by atoms with Gasteiger partial charge in [0.05, 0.1) is 11.7 Å². The van der Waals surface area contributed by atoms with Gasteiger partial charge in [0.1, 0.15) is 0 Å². The summed E-state index contributed by atoms with van der Waals surface area (Å²) >= 11 is 0. The van der Waals surface area contributed by atoms with E-state index >= 15 is 0 Å². The highest BCUT2D eigenvalue weighted by atomic mass is 15.2. The van der Waals surface area contributed by atoms with E-state index in [2.05, 4.69) is 25.0 Å². The first-order valence-corrected chi connectivity index (χ1v) is 6.44. The number of pyridine rings is 1. The molecule has 92 valence electrons. The molecular weight excluding hydrogens is 210 g/mol. The highest BCUT2D eigenvalue weighted by Gasteiger charge is 2.15. The number of nitrogens with two attached hydrogens (primary N) is 1. The van der Waals surface area contributed by atoms with Crippen molar-refractivity contribution in [1.29, 1.82) is 0 Å². The summed E-state index contributed by atoms with van der Waals surface area (Å²) in [5.41, 5.74) is 8.60. The maximum absolute atomic E-state index is 6.30. The molecule has 2 aromatic heterocycles. The molecule has 2 rings (SSSR count). The van der Waals surface area contributed by atoms with Crippen molar-refractivity contribution >= 4 is 5.52 Å². The highest BCUT2D eigenvalue weighted by molar-refractivity contribution is 5.54. The van der Waals surface area contributed by atoms with Crippen LogP contribution in [0, 0.1) is 5.92 Å². The number of hydrogen-bond donors (Lipinski definition) is 1. The van der Waals surface area contributed by atoms with Crippen molar-refractivity contribution in [3.05, 3.63) is 36.2 Å². The lowest BCUT2D eigenvalue weighted by atomic mass is 9.92. The fourth-order valence-electron chi connectivity index (χ4n) is 2.35. The van der Waals surface area contributed by atoms with E-state index < -0.39 is 0 Å². The molecule has 3 heteroatoms. The SMILES string of the molecule is CCC(CC)CC(N)c1cnn2ccccc12. The summed E-state index contributed by atoms with van der Waals surface area (Å²) < 4.78 is 1.89. The Morgan fingerprint density at radius 2 is 2.06 bits per heavy atom. The molecule has 0 spiro atoms. The van der Waals surface area contributed by atoms with Crippen molar-refractivity contribution in [2.45, 2.75) is 39.2 Å². The van der Waals surface area contributed by atoms with Gasteiger partial charge in [-0.05, 0) is 24.5 Å². The molecule has 0 amide bonds. The summed E-state index contributed by atoms with van der Waals surface area (Å²) in [5.74, 6) is 0.712. The molecule has 3 nitrogen and oxygen atoms in total. The Labute approximate surface area is 103 Å². The number of hydrogen-bond acceptors (Lipinski definition) is 2. The maximum atomic E-state index is 6.30. The van der Waals surface area contributed by atoms with Crippen LogP contribution >= 0.6 is 0 Å². The molecule has 1 atom stereocenters. The molecular formula is C14H21N3. The third-order valence-electron chi connectivity index (χ3n) is 3.60. The second kappa shape index (κ2) is 5.32. The smallest absolute Gasteiger partial charge is 0.0709 e. The zero-order chi connectivity index (χ0) is 12.3. The summed E-state index contributed by atoms with van der Waals surface area (Å²) in [6.07, 6.45) is 7.31. The predicted molar refractivity (Wildman–Crippen MR) is 70.8 cm³/mol. The maximum Gasteiger partial charge on any atom is 0.0709 e. The van der Waals surface area contributed by atoms with Gasteiger partial charge in [-0.1, -0.05) is 32.8 Å².